The first-order chi connectivity index (χ1) is 20.9. The smallest absolute Gasteiger partial charge is 0.357 e. The summed E-state index contributed by atoms with van der Waals surface area (Å²) in [4.78, 5) is 22.2. The number of nitrogens with two attached hydrogens (primary N) is 1. The SMILES string of the molecule is CC(C)(C)C(=O)OCOP(=O)(OCOC(=O)C(C)(C)C)[C@H](CCCc1cccc(Oc2ccccc2)c1)S(=O)(=O)O.CC(C)(C)N. The van der Waals surface area contributed by atoms with E-state index >= 15 is 0 Å². The fraction of sp³-hybridized carbons (Fsp3) is 0.562. The Bertz CT molecular complexity index is 1370. The highest BCUT2D eigenvalue weighted by atomic mass is 32.2. The monoisotopic (exact) mass is 687 g/mol. The normalized spacial score (nSPS) is 13.2. The zero-order valence-corrected chi connectivity index (χ0v) is 30.0. The molecular formula is C32H50NO11PS. The van der Waals surface area contributed by atoms with E-state index in [4.69, 9.17) is 29.0 Å². The molecule has 0 saturated carbocycles. The van der Waals surface area contributed by atoms with E-state index < -0.39 is 59.1 Å². The van der Waals surface area contributed by atoms with Crippen molar-refractivity contribution >= 4 is 29.7 Å². The van der Waals surface area contributed by atoms with Crippen LogP contribution in [0.15, 0.2) is 54.6 Å². The Kier molecular flexibility index (Phi) is 15.6. The Balaban J connectivity index is 0.00000195. The average molecular weight is 688 g/mol. The largest absolute Gasteiger partial charge is 0.457 e. The minimum atomic E-state index is -5.00. The summed E-state index contributed by atoms with van der Waals surface area (Å²) in [6, 6.07) is 16.3. The van der Waals surface area contributed by atoms with Gasteiger partial charge in [-0.2, -0.15) is 8.42 Å². The Morgan fingerprint density at radius 3 is 1.70 bits per heavy atom. The molecule has 0 bridgehead atoms. The van der Waals surface area contributed by atoms with Gasteiger partial charge in [0.2, 0.25) is 13.6 Å². The summed E-state index contributed by atoms with van der Waals surface area (Å²) in [5.74, 6) is -0.196. The Labute approximate surface area is 273 Å². The van der Waals surface area contributed by atoms with Crippen LogP contribution < -0.4 is 10.5 Å². The second kappa shape index (κ2) is 17.4. The van der Waals surface area contributed by atoms with Gasteiger partial charge in [-0.3, -0.25) is 27.8 Å². The molecule has 0 aromatic heterocycles. The average Bonchev–Trinajstić information content (AvgIpc) is 2.89. The Hall–Kier alpha value is -2.80. The number of carbonyl (C=O) groups is 2. The van der Waals surface area contributed by atoms with Crippen molar-refractivity contribution in [2.75, 3.05) is 13.6 Å². The van der Waals surface area contributed by atoms with Gasteiger partial charge in [0.05, 0.1) is 10.8 Å². The highest BCUT2D eigenvalue weighted by Gasteiger charge is 2.45. The first-order valence-electron chi connectivity index (χ1n) is 14.7. The van der Waals surface area contributed by atoms with E-state index in [9.17, 15) is 27.1 Å². The van der Waals surface area contributed by atoms with Crippen LogP contribution in [0, 0.1) is 10.8 Å². The summed E-state index contributed by atoms with van der Waals surface area (Å²) in [5.41, 5.74) is 4.31. The van der Waals surface area contributed by atoms with Crippen molar-refractivity contribution in [2.45, 2.75) is 92.1 Å². The first kappa shape index (κ1) is 41.2. The lowest BCUT2D eigenvalue weighted by atomic mass is 9.98. The van der Waals surface area contributed by atoms with Crippen LogP contribution in [0.2, 0.25) is 0 Å². The van der Waals surface area contributed by atoms with Crippen LogP contribution >= 0.6 is 7.60 Å². The Morgan fingerprint density at radius 1 is 0.804 bits per heavy atom. The molecule has 46 heavy (non-hydrogen) atoms. The number of rotatable bonds is 14. The molecule has 0 spiro atoms. The quantitative estimate of drug-likeness (QED) is 0.0894. The zero-order chi connectivity index (χ0) is 35.4. The number of hydrogen-bond donors (Lipinski definition) is 2. The third-order valence-electron chi connectivity index (χ3n) is 5.56. The summed E-state index contributed by atoms with van der Waals surface area (Å²) < 4.78 is 74.6. The summed E-state index contributed by atoms with van der Waals surface area (Å²) >= 11 is 0. The number of benzene rings is 2. The number of esters is 2. The first-order valence-corrected chi connectivity index (χ1v) is 17.8. The second-order valence-electron chi connectivity index (χ2n) is 13.7. The van der Waals surface area contributed by atoms with Crippen LogP contribution in [0.25, 0.3) is 0 Å². The molecule has 3 N–H and O–H groups in total. The highest BCUT2D eigenvalue weighted by Crippen LogP contribution is 2.56. The van der Waals surface area contributed by atoms with Crippen molar-refractivity contribution < 1.29 is 50.4 Å². The molecule has 0 saturated heterocycles. The van der Waals surface area contributed by atoms with Crippen molar-refractivity contribution in [2.24, 2.45) is 16.6 Å². The topological polar surface area (TPSA) is 178 Å². The van der Waals surface area contributed by atoms with Gasteiger partial charge in [-0.1, -0.05) is 30.3 Å². The summed E-state index contributed by atoms with van der Waals surface area (Å²) in [6.45, 7) is 13.6. The Morgan fingerprint density at radius 2 is 1.26 bits per heavy atom. The van der Waals surface area contributed by atoms with Crippen LogP contribution in [-0.4, -0.2) is 49.0 Å². The molecule has 0 radical (unpaired) electrons. The van der Waals surface area contributed by atoms with Gasteiger partial charge in [-0.15, -0.1) is 0 Å². The summed E-state index contributed by atoms with van der Waals surface area (Å²) in [7, 11) is -9.76. The van der Waals surface area contributed by atoms with E-state index in [0.717, 1.165) is 5.56 Å². The zero-order valence-electron chi connectivity index (χ0n) is 28.3. The van der Waals surface area contributed by atoms with Gasteiger partial charge in [0, 0.05) is 5.54 Å². The van der Waals surface area contributed by atoms with Crippen molar-refractivity contribution in [1.29, 1.82) is 0 Å². The molecule has 0 unspecified atom stereocenters. The molecule has 2 aromatic rings. The molecular weight excluding hydrogens is 637 g/mol. The maximum absolute atomic E-state index is 13.7. The minimum absolute atomic E-state index is 0. The molecule has 14 heteroatoms. The molecule has 1 atom stereocenters. The standard InChI is InChI=1S/C28H39O11PS.C4H11N/c1-27(2,3)25(29)35-19-37-40(31,38-20-36-26(30)28(4,5)6)24(41(32,33)34)17-11-13-21-12-10-16-23(18-21)39-22-14-8-7-9-15-22;1-4(2,3)5/h7-10,12,14-16,18,24H,11,13,17,19-20H2,1-6H3,(H,32,33,34);5H2,1-3H3/t24-;/m0./s1. The van der Waals surface area contributed by atoms with Crippen molar-refractivity contribution in [1.82, 2.24) is 0 Å². The number of carbonyl (C=O) groups excluding carboxylic acids is 2. The predicted octanol–water partition coefficient (Wildman–Crippen LogP) is 7.08. The number of aryl methyl sites for hydroxylation is 1. The molecule has 0 amide bonds. The van der Waals surface area contributed by atoms with E-state index in [1.54, 1.807) is 71.9 Å². The minimum Gasteiger partial charge on any atom is -0.457 e. The number of hydrogen-bond acceptors (Lipinski definition) is 11. The third kappa shape index (κ3) is 16.7. The molecule has 0 heterocycles. The molecule has 0 fully saturated rings. The number of ether oxygens (including phenoxy) is 3. The lowest BCUT2D eigenvalue weighted by molar-refractivity contribution is -0.162. The van der Waals surface area contributed by atoms with Gasteiger partial charge in [0.15, 0.2) is 4.99 Å². The van der Waals surface area contributed by atoms with Crippen molar-refractivity contribution in [3.8, 4) is 11.5 Å². The predicted molar refractivity (Wildman–Crippen MR) is 176 cm³/mol. The molecule has 12 nitrogen and oxygen atoms in total. The fourth-order valence-corrected chi connectivity index (χ4v) is 6.72. The summed E-state index contributed by atoms with van der Waals surface area (Å²) in [5, 5.41) is 0. The lowest BCUT2D eigenvalue weighted by Gasteiger charge is -2.26. The van der Waals surface area contributed by atoms with Crippen LogP contribution in [0.4, 0.5) is 0 Å². The van der Waals surface area contributed by atoms with E-state index in [0.29, 0.717) is 17.9 Å². The van der Waals surface area contributed by atoms with Gasteiger partial charge in [-0.05, 0) is 111 Å². The second-order valence-corrected chi connectivity index (χ2v) is 17.9. The third-order valence-corrected chi connectivity index (χ3v) is 9.95. The maximum Gasteiger partial charge on any atom is 0.357 e. The summed E-state index contributed by atoms with van der Waals surface area (Å²) in [6.07, 6.45) is 0.121. The van der Waals surface area contributed by atoms with Gasteiger partial charge in [-0.25, -0.2) is 0 Å². The van der Waals surface area contributed by atoms with E-state index in [2.05, 4.69) is 0 Å². The van der Waals surface area contributed by atoms with Gasteiger partial charge < -0.3 is 19.9 Å². The van der Waals surface area contributed by atoms with E-state index in [-0.39, 0.29) is 18.4 Å². The lowest BCUT2D eigenvalue weighted by Crippen LogP contribution is -2.28. The molecule has 2 rings (SSSR count). The van der Waals surface area contributed by atoms with Crippen LogP contribution in [0.1, 0.15) is 80.7 Å². The molecule has 0 aliphatic carbocycles. The van der Waals surface area contributed by atoms with Crippen LogP contribution in [0.3, 0.4) is 0 Å². The fourth-order valence-electron chi connectivity index (χ4n) is 3.28. The van der Waals surface area contributed by atoms with Crippen LogP contribution in [-0.2, 0) is 49.2 Å². The maximum atomic E-state index is 13.7. The van der Waals surface area contributed by atoms with E-state index in [1.165, 1.54) is 0 Å². The van der Waals surface area contributed by atoms with E-state index in [1.807, 2.05) is 45.0 Å². The van der Waals surface area contributed by atoms with Gasteiger partial charge in [0.1, 0.15) is 11.5 Å². The molecule has 260 valence electrons. The number of para-hydroxylation sites is 1. The van der Waals surface area contributed by atoms with Gasteiger partial charge >= 0.3 is 19.5 Å². The van der Waals surface area contributed by atoms with Crippen LogP contribution in [0.5, 0.6) is 11.5 Å². The molecule has 0 aliphatic heterocycles. The molecule has 0 aliphatic rings. The molecule has 2 aromatic carbocycles. The highest BCUT2D eigenvalue weighted by molar-refractivity contribution is 7.94. The van der Waals surface area contributed by atoms with Gasteiger partial charge in [0.25, 0.3) is 10.1 Å². The van der Waals surface area contributed by atoms with Crippen molar-refractivity contribution in [3.05, 3.63) is 60.2 Å². The van der Waals surface area contributed by atoms with Crippen molar-refractivity contribution in [3.63, 3.8) is 0 Å².